The number of amides is 2. The molecule has 4 aliphatic rings. The molecule has 2 aromatic heterocycles. The van der Waals surface area contributed by atoms with Gasteiger partial charge >= 0.3 is 0 Å². The number of nitrogens with zero attached hydrogens (tertiary/aromatic N) is 2. The van der Waals surface area contributed by atoms with Crippen molar-refractivity contribution in [3.8, 4) is 0 Å². The van der Waals surface area contributed by atoms with Crippen LogP contribution in [0.4, 0.5) is 5.69 Å². The Morgan fingerprint density at radius 3 is 2.73 bits per heavy atom. The Labute approximate surface area is 262 Å². The van der Waals surface area contributed by atoms with E-state index in [0.717, 1.165) is 44.5 Å². The Balaban J connectivity index is 1.10. The molecule has 8 rings (SSSR count). The number of benzene rings is 2. The lowest BCUT2D eigenvalue weighted by molar-refractivity contribution is 0.0810. The van der Waals surface area contributed by atoms with Crippen molar-refractivity contribution < 1.29 is 14.3 Å². The van der Waals surface area contributed by atoms with E-state index < -0.39 is 5.41 Å². The highest BCUT2D eigenvalue weighted by Crippen LogP contribution is 2.58. The van der Waals surface area contributed by atoms with Crippen LogP contribution in [0.5, 0.6) is 0 Å². The third-order valence-corrected chi connectivity index (χ3v) is 10.1. The van der Waals surface area contributed by atoms with Crippen molar-refractivity contribution in [1.29, 1.82) is 0 Å². The zero-order valence-corrected chi connectivity index (χ0v) is 25.6. The number of H-pyrrole nitrogens is 2. The van der Waals surface area contributed by atoms with Crippen LogP contribution >= 0.6 is 23.4 Å². The average Bonchev–Trinajstić information content (AvgIpc) is 3.75. The molecule has 2 unspecified atom stereocenters. The van der Waals surface area contributed by atoms with Crippen molar-refractivity contribution in [2.75, 3.05) is 24.0 Å². The number of alkyl halides is 1. The topological polar surface area (TPSA) is 103 Å². The highest BCUT2D eigenvalue weighted by atomic mass is 35.5. The van der Waals surface area contributed by atoms with Gasteiger partial charge in [0.15, 0.2) is 0 Å². The van der Waals surface area contributed by atoms with E-state index >= 15 is 0 Å². The zero-order chi connectivity index (χ0) is 30.2. The summed E-state index contributed by atoms with van der Waals surface area (Å²) in [6.07, 6.45) is 10.2. The van der Waals surface area contributed by atoms with Gasteiger partial charge in [-0.2, -0.15) is 0 Å². The molecule has 0 spiro atoms. The molecular formula is C34H28ClN5O3S. The molecule has 4 aromatic rings. The predicted molar refractivity (Wildman–Crippen MR) is 176 cm³/mol. The van der Waals surface area contributed by atoms with Crippen molar-refractivity contribution >= 4 is 67.9 Å². The number of thioether (sulfide) groups is 1. The van der Waals surface area contributed by atoms with Crippen molar-refractivity contribution in [3.05, 3.63) is 113 Å². The maximum Gasteiger partial charge on any atom is 0.274 e. The Morgan fingerprint density at radius 2 is 1.91 bits per heavy atom. The first-order valence-electron chi connectivity index (χ1n) is 14.4. The standard InChI is InChI=1S/C34H28ClN5O3S/c1-34-22-7-5-9-28(34)39-33(44-2)43-29(34)15-27-30(22)20(16-35)17-40(27)32(42)26-14-19-12-21(10-11-24(19)38-26)36-31(41)25-13-18-6-3-4-8-23(18)37-25/h3-15,20,22,37-38H,16-17H2,1-2H3,(H,36,41)/t20-,22?,34?/m1/s1. The number of aliphatic imine (C=N–C) groups is 1. The van der Waals surface area contributed by atoms with E-state index in [0.29, 0.717) is 34.7 Å². The van der Waals surface area contributed by atoms with Gasteiger partial charge in [0.05, 0.1) is 11.1 Å². The Morgan fingerprint density at radius 1 is 1.11 bits per heavy atom. The van der Waals surface area contributed by atoms with Crippen LogP contribution in [0.2, 0.25) is 0 Å². The van der Waals surface area contributed by atoms with Crippen molar-refractivity contribution in [2.24, 2.45) is 22.2 Å². The summed E-state index contributed by atoms with van der Waals surface area (Å²) < 4.78 is 6.28. The van der Waals surface area contributed by atoms with Crippen LogP contribution in [0, 0.1) is 17.3 Å². The van der Waals surface area contributed by atoms with Crippen molar-refractivity contribution in [2.45, 2.75) is 6.92 Å². The van der Waals surface area contributed by atoms with Gasteiger partial charge in [0.25, 0.3) is 17.0 Å². The Bertz CT molecular complexity index is 2030. The number of allylic oxidation sites excluding steroid dienone is 4. The summed E-state index contributed by atoms with van der Waals surface area (Å²) in [5.41, 5.74) is 5.78. The van der Waals surface area contributed by atoms with Gasteiger partial charge in [-0.25, -0.2) is 4.99 Å². The molecule has 44 heavy (non-hydrogen) atoms. The van der Waals surface area contributed by atoms with Gasteiger partial charge in [0.1, 0.15) is 17.1 Å². The van der Waals surface area contributed by atoms with Crippen LogP contribution in [0.15, 0.2) is 107 Å². The Hall–Kier alpha value is -4.47. The number of fused-ring (bicyclic) bond motifs is 3. The number of ether oxygens (including phenoxy) is 1. The van der Waals surface area contributed by atoms with Crippen LogP contribution in [-0.4, -0.2) is 50.6 Å². The first kappa shape index (κ1) is 27.1. The fourth-order valence-electron chi connectivity index (χ4n) is 6.89. The lowest BCUT2D eigenvalue weighted by atomic mass is 9.63. The first-order valence-corrected chi connectivity index (χ1v) is 16.2. The number of para-hydroxylation sites is 1. The minimum Gasteiger partial charge on any atom is -0.437 e. The van der Waals surface area contributed by atoms with Gasteiger partial charge in [0, 0.05) is 63.5 Å². The summed E-state index contributed by atoms with van der Waals surface area (Å²) in [5.74, 6) is 0.797. The van der Waals surface area contributed by atoms with Crippen LogP contribution in [0.25, 0.3) is 21.8 Å². The molecule has 0 saturated heterocycles. The smallest absolute Gasteiger partial charge is 0.274 e. The molecule has 2 amide bonds. The van der Waals surface area contributed by atoms with E-state index in [1.165, 1.54) is 11.8 Å². The third kappa shape index (κ3) is 4.03. The molecule has 0 saturated carbocycles. The van der Waals surface area contributed by atoms with E-state index in [9.17, 15) is 9.59 Å². The van der Waals surface area contributed by atoms with Crippen molar-refractivity contribution in [1.82, 2.24) is 14.9 Å². The fourth-order valence-corrected chi connectivity index (χ4v) is 7.51. The summed E-state index contributed by atoms with van der Waals surface area (Å²) in [4.78, 5) is 40.1. The number of aromatic nitrogens is 2. The second kappa shape index (κ2) is 10.0. The summed E-state index contributed by atoms with van der Waals surface area (Å²) in [7, 11) is 0. The second-order valence-corrected chi connectivity index (χ2v) is 12.7. The van der Waals surface area contributed by atoms with Gasteiger partial charge in [0.2, 0.25) is 0 Å². The number of nitrogens with one attached hydrogen (secondary N) is 3. The van der Waals surface area contributed by atoms with Crippen LogP contribution in [0.1, 0.15) is 27.9 Å². The van der Waals surface area contributed by atoms with Crippen LogP contribution in [0.3, 0.4) is 0 Å². The normalized spacial score (nSPS) is 23.6. The lowest BCUT2D eigenvalue weighted by Crippen LogP contribution is -2.41. The van der Waals surface area contributed by atoms with Crippen LogP contribution in [-0.2, 0) is 4.74 Å². The quantitative estimate of drug-likeness (QED) is 0.210. The first-order chi connectivity index (χ1) is 21.4. The predicted octanol–water partition coefficient (Wildman–Crippen LogP) is 7.19. The number of hydrogen-bond acceptors (Lipinski definition) is 5. The zero-order valence-electron chi connectivity index (χ0n) is 24.0. The maximum absolute atomic E-state index is 14.1. The van der Waals surface area contributed by atoms with Gasteiger partial charge < -0.3 is 24.9 Å². The van der Waals surface area contributed by atoms with Crippen LogP contribution < -0.4 is 5.32 Å². The van der Waals surface area contributed by atoms with E-state index in [-0.39, 0.29) is 23.7 Å². The van der Waals surface area contributed by atoms with Gasteiger partial charge in [-0.05, 0) is 61.2 Å². The molecule has 3 atom stereocenters. The van der Waals surface area contributed by atoms with Gasteiger partial charge in [-0.15, -0.1) is 11.6 Å². The summed E-state index contributed by atoms with van der Waals surface area (Å²) >= 11 is 8.00. The van der Waals surface area contributed by atoms with E-state index in [2.05, 4.69) is 28.3 Å². The summed E-state index contributed by atoms with van der Waals surface area (Å²) in [6, 6.07) is 17.0. The molecule has 2 aliphatic heterocycles. The largest absolute Gasteiger partial charge is 0.437 e. The fraction of sp³-hybridized carbons (Fsp3) is 0.206. The highest BCUT2D eigenvalue weighted by molar-refractivity contribution is 8.12. The Kier molecular flexibility index (Phi) is 6.18. The molecule has 0 radical (unpaired) electrons. The molecule has 10 heteroatoms. The average molecular weight is 622 g/mol. The number of carbonyl (C=O) groups is 2. The number of carbonyl (C=O) groups excluding carboxylic acids is 2. The monoisotopic (exact) mass is 621 g/mol. The maximum atomic E-state index is 14.1. The molecule has 2 aliphatic carbocycles. The minimum atomic E-state index is -0.453. The molecule has 3 N–H and O–H groups in total. The second-order valence-electron chi connectivity index (χ2n) is 11.6. The molecule has 4 heterocycles. The minimum absolute atomic E-state index is 0.000927. The molecule has 8 nitrogen and oxygen atoms in total. The number of halogens is 1. The number of rotatable bonds is 4. The third-order valence-electron chi connectivity index (χ3n) is 9.15. The number of anilines is 1. The van der Waals surface area contributed by atoms with E-state index in [4.69, 9.17) is 21.3 Å². The molecule has 2 aromatic carbocycles. The lowest BCUT2D eigenvalue weighted by Gasteiger charge is -2.45. The highest BCUT2D eigenvalue weighted by Gasteiger charge is 2.54. The molecule has 220 valence electrons. The summed E-state index contributed by atoms with van der Waals surface area (Å²) in [5, 5.41) is 5.35. The summed E-state index contributed by atoms with van der Waals surface area (Å²) in [6.45, 7) is 2.64. The van der Waals surface area contributed by atoms with Gasteiger partial charge in [-0.3, -0.25) is 9.59 Å². The van der Waals surface area contributed by atoms with Gasteiger partial charge in [-0.1, -0.05) is 42.1 Å². The molecule has 0 fully saturated rings. The van der Waals surface area contributed by atoms with E-state index in [1.807, 2.05) is 84.0 Å². The molecular weight excluding hydrogens is 594 g/mol. The van der Waals surface area contributed by atoms with E-state index in [1.54, 1.807) is 0 Å². The van der Waals surface area contributed by atoms with Crippen molar-refractivity contribution in [3.63, 3.8) is 0 Å². The number of aromatic amines is 2. The SMILES string of the molecule is CSC1=NC2=CC=CC3C4=C(C=C(O1)C23C)N(C(=O)c1cc2cc(NC(=O)c3cc5ccccc5[nH]3)ccc2[nH]1)C[C@H]4CCl. The number of hydrogen-bond donors (Lipinski definition) is 3. The molecule has 0 bridgehead atoms.